The highest BCUT2D eigenvalue weighted by Gasteiger charge is 2.44. The maximum Gasteiger partial charge on any atom is 0.0592 e. The van der Waals surface area contributed by atoms with Crippen LogP contribution in [0, 0.1) is 5.41 Å². The molecule has 1 fully saturated rings. The summed E-state index contributed by atoms with van der Waals surface area (Å²) in [5, 5.41) is 4.79. The molecule has 0 bridgehead atoms. The molecule has 0 aliphatic heterocycles. The van der Waals surface area contributed by atoms with Crippen molar-refractivity contribution in [2.45, 2.75) is 56.2 Å². The lowest BCUT2D eigenvalue weighted by molar-refractivity contribution is 0.286. The Morgan fingerprint density at radius 1 is 1.38 bits per heavy atom. The summed E-state index contributed by atoms with van der Waals surface area (Å²) < 4.78 is 13.0. The molecule has 0 saturated heterocycles. The van der Waals surface area contributed by atoms with Gasteiger partial charge in [0.2, 0.25) is 0 Å². The molecule has 1 N–H and O–H groups in total. The molecule has 1 aromatic rings. The minimum Gasteiger partial charge on any atom is -0.312 e. The van der Waals surface area contributed by atoms with Crippen LogP contribution in [0.2, 0.25) is 10.0 Å². The van der Waals surface area contributed by atoms with E-state index in [-0.39, 0.29) is 16.7 Å². The van der Waals surface area contributed by atoms with Crippen molar-refractivity contribution in [1.29, 1.82) is 0 Å². The van der Waals surface area contributed by atoms with Crippen LogP contribution in [0.15, 0.2) is 23.1 Å². The zero-order valence-corrected chi connectivity index (χ0v) is 15.1. The summed E-state index contributed by atoms with van der Waals surface area (Å²) in [7, 11) is -1.14. The molecule has 118 valence electrons. The fourth-order valence-corrected chi connectivity index (χ4v) is 5.53. The van der Waals surface area contributed by atoms with E-state index in [4.69, 9.17) is 23.2 Å². The lowest BCUT2D eigenvalue weighted by Gasteiger charge is -2.31. The van der Waals surface area contributed by atoms with Crippen molar-refractivity contribution in [1.82, 2.24) is 5.32 Å². The average Bonchev–Trinajstić information content (AvgIpc) is 2.73. The Bertz CT molecular complexity index is 533. The lowest BCUT2D eigenvalue weighted by atomic mass is 9.87. The van der Waals surface area contributed by atoms with Crippen LogP contribution in [-0.2, 0) is 10.8 Å². The molecular weight excluding hydrogens is 325 g/mol. The van der Waals surface area contributed by atoms with E-state index in [1.54, 1.807) is 18.2 Å². The standard InChI is InChI=1S/C16H23Cl2NOS/c1-4-9-19-15-13(7-8-16(15,2)3)21(20)14-10-11(17)5-6-12(14)18/h5-6,10,13,15,19H,4,7-9H2,1-3H3. The SMILES string of the molecule is CCCNC1C(S(=O)c2cc(Cl)ccc2Cl)CCC1(C)C. The van der Waals surface area contributed by atoms with E-state index < -0.39 is 10.8 Å². The molecule has 21 heavy (non-hydrogen) atoms. The van der Waals surface area contributed by atoms with Gasteiger partial charge in [-0.1, -0.05) is 44.0 Å². The molecule has 2 nitrogen and oxygen atoms in total. The molecule has 0 heterocycles. The van der Waals surface area contributed by atoms with Crippen molar-refractivity contribution in [3.8, 4) is 0 Å². The number of hydrogen-bond acceptors (Lipinski definition) is 2. The molecule has 3 unspecified atom stereocenters. The number of benzene rings is 1. The Hall–Kier alpha value is -0.0900. The van der Waals surface area contributed by atoms with Gasteiger partial charge < -0.3 is 5.32 Å². The monoisotopic (exact) mass is 347 g/mol. The van der Waals surface area contributed by atoms with Gasteiger partial charge in [0.25, 0.3) is 0 Å². The highest BCUT2D eigenvalue weighted by atomic mass is 35.5. The molecule has 5 heteroatoms. The van der Waals surface area contributed by atoms with E-state index in [1.807, 2.05) is 0 Å². The summed E-state index contributed by atoms with van der Waals surface area (Å²) in [6.07, 6.45) is 3.09. The molecule has 2 rings (SSSR count). The first-order valence-corrected chi connectivity index (χ1v) is 9.42. The van der Waals surface area contributed by atoms with Crippen LogP contribution < -0.4 is 5.32 Å². The quantitative estimate of drug-likeness (QED) is 0.839. The molecular formula is C16H23Cl2NOS. The van der Waals surface area contributed by atoms with Crippen LogP contribution in [0.5, 0.6) is 0 Å². The van der Waals surface area contributed by atoms with E-state index >= 15 is 0 Å². The van der Waals surface area contributed by atoms with Gasteiger partial charge in [-0.05, 0) is 49.4 Å². The maximum atomic E-state index is 13.0. The topological polar surface area (TPSA) is 29.1 Å². The summed E-state index contributed by atoms with van der Waals surface area (Å²) in [4.78, 5) is 0.662. The van der Waals surface area contributed by atoms with Crippen LogP contribution >= 0.6 is 23.2 Å². The zero-order valence-electron chi connectivity index (χ0n) is 12.8. The molecule has 1 aromatic carbocycles. The average molecular weight is 348 g/mol. The Kier molecular flexibility index (Phi) is 5.75. The molecule has 1 saturated carbocycles. The Morgan fingerprint density at radius 3 is 2.76 bits per heavy atom. The van der Waals surface area contributed by atoms with Crippen molar-refractivity contribution in [2.24, 2.45) is 5.41 Å². The minimum absolute atomic E-state index is 0.0857. The molecule has 0 spiro atoms. The van der Waals surface area contributed by atoms with Gasteiger partial charge in [-0.25, -0.2) is 0 Å². The largest absolute Gasteiger partial charge is 0.312 e. The van der Waals surface area contributed by atoms with E-state index in [0.29, 0.717) is 14.9 Å². The second kappa shape index (κ2) is 6.99. The summed E-state index contributed by atoms with van der Waals surface area (Å²) in [6, 6.07) is 5.44. The Labute approximate surface area is 140 Å². The first kappa shape index (κ1) is 17.3. The van der Waals surface area contributed by atoms with Gasteiger partial charge in [-0.15, -0.1) is 0 Å². The van der Waals surface area contributed by atoms with Gasteiger partial charge in [-0.2, -0.15) is 0 Å². The smallest absolute Gasteiger partial charge is 0.0592 e. The van der Waals surface area contributed by atoms with E-state index in [2.05, 4.69) is 26.1 Å². The first-order valence-electron chi connectivity index (χ1n) is 7.46. The zero-order chi connectivity index (χ0) is 15.6. The number of hydrogen-bond donors (Lipinski definition) is 1. The predicted octanol–water partition coefficient (Wildman–Crippen LogP) is 4.66. The number of nitrogens with one attached hydrogen (secondary N) is 1. The summed E-state index contributed by atoms with van der Waals surface area (Å²) >= 11 is 12.3. The van der Waals surface area contributed by atoms with Crippen molar-refractivity contribution >= 4 is 34.0 Å². The maximum absolute atomic E-state index is 13.0. The van der Waals surface area contributed by atoms with Gasteiger partial charge in [0.15, 0.2) is 0 Å². The number of halogens is 2. The molecule has 0 amide bonds. The van der Waals surface area contributed by atoms with Crippen LogP contribution in [0.1, 0.15) is 40.0 Å². The fourth-order valence-electron chi connectivity index (χ4n) is 3.07. The minimum atomic E-state index is -1.14. The van der Waals surface area contributed by atoms with E-state index in [0.717, 1.165) is 25.8 Å². The van der Waals surface area contributed by atoms with Gasteiger partial charge >= 0.3 is 0 Å². The molecule has 1 aliphatic rings. The third kappa shape index (κ3) is 3.82. The van der Waals surface area contributed by atoms with Gasteiger partial charge in [0.05, 0.1) is 26.0 Å². The van der Waals surface area contributed by atoms with Crippen molar-refractivity contribution in [3.05, 3.63) is 28.2 Å². The molecule has 3 atom stereocenters. The third-order valence-electron chi connectivity index (χ3n) is 4.29. The second-order valence-electron chi connectivity index (χ2n) is 6.37. The van der Waals surface area contributed by atoms with Crippen LogP contribution in [0.4, 0.5) is 0 Å². The Morgan fingerprint density at radius 2 is 2.10 bits per heavy atom. The molecule has 1 aliphatic carbocycles. The molecule has 0 radical (unpaired) electrons. The highest BCUT2D eigenvalue weighted by molar-refractivity contribution is 7.86. The lowest BCUT2D eigenvalue weighted by Crippen LogP contribution is -2.46. The van der Waals surface area contributed by atoms with Crippen LogP contribution in [0.3, 0.4) is 0 Å². The van der Waals surface area contributed by atoms with Crippen LogP contribution in [-0.4, -0.2) is 22.0 Å². The van der Waals surface area contributed by atoms with Gasteiger partial charge in [-0.3, -0.25) is 4.21 Å². The Balaban J connectivity index is 2.26. The summed E-state index contributed by atoms with van der Waals surface area (Å²) in [6.45, 7) is 7.59. The van der Waals surface area contributed by atoms with Gasteiger partial charge in [0.1, 0.15) is 0 Å². The van der Waals surface area contributed by atoms with Gasteiger partial charge in [0, 0.05) is 11.1 Å². The normalized spacial score (nSPS) is 26.0. The van der Waals surface area contributed by atoms with E-state index in [1.165, 1.54) is 0 Å². The number of rotatable bonds is 5. The van der Waals surface area contributed by atoms with Crippen molar-refractivity contribution in [2.75, 3.05) is 6.54 Å². The highest BCUT2D eigenvalue weighted by Crippen LogP contribution is 2.42. The summed E-state index contributed by atoms with van der Waals surface area (Å²) in [5.74, 6) is 0. The fraction of sp³-hybridized carbons (Fsp3) is 0.625. The van der Waals surface area contributed by atoms with Crippen molar-refractivity contribution < 1.29 is 4.21 Å². The first-order chi connectivity index (χ1) is 9.86. The predicted molar refractivity (Wildman–Crippen MR) is 91.8 cm³/mol. The van der Waals surface area contributed by atoms with Crippen LogP contribution in [0.25, 0.3) is 0 Å². The summed E-state index contributed by atoms with van der Waals surface area (Å²) in [5.41, 5.74) is 0.153. The third-order valence-corrected chi connectivity index (χ3v) is 6.79. The second-order valence-corrected chi connectivity index (χ2v) is 8.85. The van der Waals surface area contributed by atoms with E-state index in [9.17, 15) is 4.21 Å². The van der Waals surface area contributed by atoms with Crippen molar-refractivity contribution in [3.63, 3.8) is 0 Å². The molecule has 0 aromatic heterocycles.